The van der Waals surface area contributed by atoms with E-state index in [-0.39, 0.29) is 11.8 Å². The monoisotopic (exact) mass is 260 g/mol. The Morgan fingerprint density at radius 3 is 2.68 bits per heavy atom. The lowest BCUT2D eigenvalue weighted by molar-refractivity contribution is 0.0661. The molecule has 2 N–H and O–H groups in total. The van der Waals surface area contributed by atoms with Crippen LogP contribution in [0.5, 0.6) is 0 Å². The van der Waals surface area contributed by atoms with Crippen molar-refractivity contribution in [2.45, 2.75) is 51.6 Å². The highest BCUT2D eigenvalue weighted by Gasteiger charge is 2.29. The number of likely N-dealkylation sites (tertiary alicyclic amines) is 1. The lowest BCUT2D eigenvalue weighted by Gasteiger charge is -2.38. The standard InChI is InChI=1S/C16H24N2O/c1-3-15-6-4-5-11-18(15)12(2)16(19)13-7-9-14(17)10-8-13/h7-10,12,15H,3-6,11,17H2,1-2H3. The molecule has 2 atom stereocenters. The lowest BCUT2D eigenvalue weighted by Crippen LogP contribution is -2.48. The van der Waals surface area contributed by atoms with Gasteiger partial charge in [0, 0.05) is 17.3 Å². The van der Waals surface area contributed by atoms with Gasteiger partial charge in [0.1, 0.15) is 0 Å². The number of benzene rings is 1. The smallest absolute Gasteiger partial charge is 0.179 e. The van der Waals surface area contributed by atoms with Gasteiger partial charge in [-0.05, 0) is 57.0 Å². The van der Waals surface area contributed by atoms with E-state index in [0.29, 0.717) is 11.7 Å². The van der Waals surface area contributed by atoms with Crippen LogP contribution in [0.1, 0.15) is 49.9 Å². The minimum Gasteiger partial charge on any atom is -0.399 e. The molecule has 1 aliphatic heterocycles. The summed E-state index contributed by atoms with van der Waals surface area (Å²) in [6, 6.07) is 7.79. The number of ketones is 1. The molecule has 0 bridgehead atoms. The third-order valence-corrected chi connectivity index (χ3v) is 4.22. The molecule has 0 amide bonds. The molecule has 104 valence electrons. The third kappa shape index (κ3) is 3.16. The summed E-state index contributed by atoms with van der Waals surface area (Å²) >= 11 is 0. The van der Waals surface area contributed by atoms with E-state index in [1.165, 1.54) is 19.3 Å². The van der Waals surface area contributed by atoms with Gasteiger partial charge in [0.15, 0.2) is 5.78 Å². The molecule has 2 unspecified atom stereocenters. The zero-order chi connectivity index (χ0) is 13.8. The van der Waals surface area contributed by atoms with Gasteiger partial charge in [-0.3, -0.25) is 9.69 Å². The summed E-state index contributed by atoms with van der Waals surface area (Å²) in [4.78, 5) is 14.9. The Morgan fingerprint density at radius 2 is 2.05 bits per heavy atom. The summed E-state index contributed by atoms with van der Waals surface area (Å²) in [5.41, 5.74) is 7.14. The number of hydrogen-bond donors (Lipinski definition) is 1. The number of nitrogen functional groups attached to an aromatic ring is 1. The van der Waals surface area contributed by atoms with Crippen molar-refractivity contribution >= 4 is 11.5 Å². The molecular weight excluding hydrogens is 236 g/mol. The summed E-state index contributed by atoms with van der Waals surface area (Å²) in [6.45, 7) is 5.29. The van der Waals surface area contributed by atoms with Crippen LogP contribution >= 0.6 is 0 Å². The summed E-state index contributed by atoms with van der Waals surface area (Å²) < 4.78 is 0. The fraction of sp³-hybridized carbons (Fsp3) is 0.562. The van der Waals surface area contributed by atoms with Crippen LogP contribution in [0.4, 0.5) is 5.69 Å². The largest absolute Gasteiger partial charge is 0.399 e. The summed E-state index contributed by atoms with van der Waals surface area (Å²) in [5.74, 6) is 0.209. The number of Topliss-reactive ketones (excluding diaryl/α,β-unsaturated/α-hetero) is 1. The molecule has 19 heavy (non-hydrogen) atoms. The van der Waals surface area contributed by atoms with E-state index in [1.54, 1.807) is 12.1 Å². The van der Waals surface area contributed by atoms with Crippen molar-refractivity contribution in [3.8, 4) is 0 Å². The Bertz CT molecular complexity index is 427. The van der Waals surface area contributed by atoms with Crippen LogP contribution in [0.15, 0.2) is 24.3 Å². The Hall–Kier alpha value is -1.35. The lowest BCUT2D eigenvalue weighted by atomic mass is 9.95. The molecular formula is C16H24N2O. The van der Waals surface area contributed by atoms with Crippen molar-refractivity contribution in [2.24, 2.45) is 0 Å². The molecule has 3 nitrogen and oxygen atoms in total. The van der Waals surface area contributed by atoms with Crippen LogP contribution in [0.25, 0.3) is 0 Å². The van der Waals surface area contributed by atoms with Gasteiger partial charge in [-0.25, -0.2) is 0 Å². The van der Waals surface area contributed by atoms with E-state index >= 15 is 0 Å². The number of anilines is 1. The van der Waals surface area contributed by atoms with Crippen molar-refractivity contribution in [1.82, 2.24) is 4.90 Å². The zero-order valence-corrected chi connectivity index (χ0v) is 11.9. The summed E-state index contributed by atoms with van der Waals surface area (Å²) in [6.07, 6.45) is 4.84. The molecule has 1 heterocycles. The van der Waals surface area contributed by atoms with Crippen molar-refractivity contribution in [3.05, 3.63) is 29.8 Å². The molecule has 1 aromatic rings. The van der Waals surface area contributed by atoms with Crippen molar-refractivity contribution < 1.29 is 4.79 Å². The summed E-state index contributed by atoms with van der Waals surface area (Å²) in [7, 11) is 0. The third-order valence-electron chi connectivity index (χ3n) is 4.22. The second-order valence-corrected chi connectivity index (χ2v) is 5.46. The number of hydrogen-bond acceptors (Lipinski definition) is 3. The molecule has 3 heteroatoms. The van der Waals surface area contributed by atoms with Gasteiger partial charge in [-0.15, -0.1) is 0 Å². The normalized spacial score (nSPS) is 22.1. The van der Waals surface area contributed by atoms with Crippen LogP contribution in [0.3, 0.4) is 0 Å². The predicted molar refractivity (Wildman–Crippen MR) is 79.3 cm³/mol. The second-order valence-electron chi connectivity index (χ2n) is 5.46. The van der Waals surface area contributed by atoms with E-state index in [1.807, 2.05) is 19.1 Å². The van der Waals surface area contributed by atoms with E-state index < -0.39 is 0 Å². The molecule has 1 fully saturated rings. The number of nitrogens with zero attached hydrogens (tertiary/aromatic N) is 1. The average molecular weight is 260 g/mol. The Kier molecular flexibility index (Phi) is 4.59. The van der Waals surface area contributed by atoms with Gasteiger partial charge in [0.25, 0.3) is 0 Å². The van der Waals surface area contributed by atoms with E-state index in [4.69, 9.17) is 5.73 Å². The van der Waals surface area contributed by atoms with Crippen molar-refractivity contribution in [3.63, 3.8) is 0 Å². The molecule has 1 aliphatic rings. The van der Waals surface area contributed by atoms with Crippen molar-refractivity contribution in [2.75, 3.05) is 12.3 Å². The fourth-order valence-electron chi connectivity index (χ4n) is 3.01. The first-order valence-electron chi connectivity index (χ1n) is 7.29. The van der Waals surface area contributed by atoms with Crippen LogP contribution < -0.4 is 5.73 Å². The minimum absolute atomic E-state index is 0.0334. The minimum atomic E-state index is -0.0334. The molecule has 1 saturated heterocycles. The van der Waals surface area contributed by atoms with Crippen LogP contribution in [-0.4, -0.2) is 29.3 Å². The number of rotatable bonds is 4. The first-order valence-corrected chi connectivity index (χ1v) is 7.29. The fourth-order valence-corrected chi connectivity index (χ4v) is 3.01. The summed E-state index contributed by atoms with van der Waals surface area (Å²) in [5, 5.41) is 0. The van der Waals surface area contributed by atoms with Gasteiger partial charge < -0.3 is 5.73 Å². The van der Waals surface area contributed by atoms with Gasteiger partial charge >= 0.3 is 0 Å². The Labute approximate surface area is 115 Å². The molecule has 1 aromatic carbocycles. The van der Waals surface area contributed by atoms with Crippen LogP contribution in [0, 0.1) is 0 Å². The highest BCUT2D eigenvalue weighted by atomic mass is 16.1. The van der Waals surface area contributed by atoms with E-state index in [2.05, 4.69) is 11.8 Å². The average Bonchev–Trinajstić information content (AvgIpc) is 2.46. The molecule has 0 aliphatic carbocycles. The Balaban J connectivity index is 2.11. The van der Waals surface area contributed by atoms with Gasteiger partial charge in [0.2, 0.25) is 0 Å². The zero-order valence-electron chi connectivity index (χ0n) is 11.9. The van der Waals surface area contributed by atoms with Gasteiger partial charge in [-0.2, -0.15) is 0 Å². The molecule has 0 aromatic heterocycles. The first kappa shape index (κ1) is 14.1. The van der Waals surface area contributed by atoms with E-state index in [0.717, 1.165) is 18.5 Å². The first-order chi connectivity index (χ1) is 9.13. The number of carbonyl (C=O) groups is 1. The number of carbonyl (C=O) groups excluding carboxylic acids is 1. The van der Waals surface area contributed by atoms with E-state index in [9.17, 15) is 4.79 Å². The topological polar surface area (TPSA) is 46.3 Å². The predicted octanol–water partition coefficient (Wildman–Crippen LogP) is 3.10. The maximum atomic E-state index is 12.5. The van der Waals surface area contributed by atoms with Gasteiger partial charge in [0.05, 0.1) is 6.04 Å². The highest BCUT2D eigenvalue weighted by molar-refractivity contribution is 6.00. The maximum absolute atomic E-state index is 12.5. The molecule has 0 spiro atoms. The molecule has 0 radical (unpaired) electrons. The Morgan fingerprint density at radius 1 is 1.37 bits per heavy atom. The van der Waals surface area contributed by atoms with Crippen LogP contribution in [0.2, 0.25) is 0 Å². The maximum Gasteiger partial charge on any atom is 0.179 e. The second kappa shape index (κ2) is 6.20. The molecule has 0 saturated carbocycles. The number of piperidine rings is 1. The molecule has 2 rings (SSSR count). The van der Waals surface area contributed by atoms with Crippen LogP contribution in [-0.2, 0) is 0 Å². The number of nitrogens with two attached hydrogens (primary N) is 1. The quantitative estimate of drug-likeness (QED) is 0.668. The SMILES string of the molecule is CCC1CCCCN1C(C)C(=O)c1ccc(N)cc1. The van der Waals surface area contributed by atoms with Gasteiger partial charge in [-0.1, -0.05) is 13.3 Å². The van der Waals surface area contributed by atoms with Crippen molar-refractivity contribution in [1.29, 1.82) is 0 Å². The highest BCUT2D eigenvalue weighted by Crippen LogP contribution is 2.23.